The van der Waals surface area contributed by atoms with Crippen molar-refractivity contribution >= 4 is 11.6 Å². The van der Waals surface area contributed by atoms with E-state index in [-0.39, 0.29) is 5.91 Å². The number of aryl methyl sites for hydroxylation is 1. The first kappa shape index (κ1) is 15.8. The lowest BCUT2D eigenvalue weighted by Crippen LogP contribution is -2.51. The Balaban J connectivity index is 1.78. The highest BCUT2D eigenvalue weighted by atomic mass is 16.5. The average Bonchev–Trinajstić information content (AvgIpc) is 2.52. The number of nitrogens with zero attached hydrogens (tertiary/aromatic N) is 2. The molecular weight excluding hydrogens is 266 g/mol. The van der Waals surface area contributed by atoms with Crippen molar-refractivity contribution in [3.8, 4) is 0 Å². The van der Waals surface area contributed by atoms with Gasteiger partial charge in [0, 0.05) is 45.5 Å². The van der Waals surface area contributed by atoms with Crippen LogP contribution in [0.4, 0.5) is 5.69 Å². The fraction of sp³-hybridized carbons (Fsp3) is 0.562. The van der Waals surface area contributed by atoms with E-state index in [0.717, 1.165) is 26.2 Å². The van der Waals surface area contributed by atoms with Crippen LogP contribution in [0.25, 0.3) is 0 Å². The van der Waals surface area contributed by atoms with Crippen LogP contribution in [-0.2, 0) is 9.53 Å². The maximum absolute atomic E-state index is 12.1. The fourth-order valence-corrected chi connectivity index (χ4v) is 2.60. The number of carbonyl (C=O) groups excluding carboxylic acids is 1. The smallest absolute Gasteiger partial charge is 0.236 e. The van der Waals surface area contributed by atoms with E-state index in [1.165, 1.54) is 11.3 Å². The van der Waals surface area contributed by atoms with Gasteiger partial charge in [0.05, 0.1) is 13.2 Å². The minimum atomic E-state index is 0.176. The Kier molecular flexibility index (Phi) is 6.02. The summed E-state index contributed by atoms with van der Waals surface area (Å²) in [4.78, 5) is 16.4. The van der Waals surface area contributed by atoms with Crippen LogP contribution in [-0.4, -0.2) is 63.8 Å². The van der Waals surface area contributed by atoms with E-state index in [1.807, 2.05) is 4.90 Å². The fourth-order valence-electron chi connectivity index (χ4n) is 2.60. The number of anilines is 1. The minimum absolute atomic E-state index is 0.176. The number of rotatable bonds is 6. The molecule has 0 aliphatic carbocycles. The quantitative estimate of drug-likeness (QED) is 0.790. The lowest BCUT2D eigenvalue weighted by atomic mass is 10.1. The van der Waals surface area contributed by atoms with Gasteiger partial charge in [-0.25, -0.2) is 0 Å². The zero-order chi connectivity index (χ0) is 15.1. The number of hydrogen-bond acceptors (Lipinski definition) is 4. The van der Waals surface area contributed by atoms with Gasteiger partial charge in [-0.2, -0.15) is 0 Å². The van der Waals surface area contributed by atoms with Gasteiger partial charge in [0.15, 0.2) is 0 Å². The van der Waals surface area contributed by atoms with E-state index in [1.54, 1.807) is 7.11 Å². The standard InChI is InChI=1S/C16H25N3O2/c1-14-5-3-4-6-15(14)18-8-10-19(11-9-18)16(20)13-17-7-12-21-2/h3-6,17H,7-13H2,1-2H3. The first-order valence-electron chi connectivity index (χ1n) is 7.50. The number of nitrogens with one attached hydrogen (secondary N) is 1. The Morgan fingerprint density at radius 1 is 1.24 bits per heavy atom. The molecule has 0 unspecified atom stereocenters. The third-order valence-electron chi connectivity index (χ3n) is 3.85. The lowest BCUT2D eigenvalue weighted by molar-refractivity contribution is -0.130. The molecule has 1 amide bonds. The molecule has 1 N–H and O–H groups in total. The zero-order valence-corrected chi connectivity index (χ0v) is 13.0. The molecule has 0 spiro atoms. The summed E-state index contributed by atoms with van der Waals surface area (Å²) in [7, 11) is 1.66. The van der Waals surface area contributed by atoms with Crippen molar-refractivity contribution in [2.45, 2.75) is 6.92 Å². The van der Waals surface area contributed by atoms with Crippen LogP contribution in [0, 0.1) is 6.92 Å². The van der Waals surface area contributed by atoms with Crippen LogP contribution >= 0.6 is 0 Å². The van der Waals surface area contributed by atoms with Crippen molar-refractivity contribution in [3.05, 3.63) is 29.8 Å². The van der Waals surface area contributed by atoms with Gasteiger partial charge >= 0.3 is 0 Å². The largest absolute Gasteiger partial charge is 0.383 e. The lowest BCUT2D eigenvalue weighted by Gasteiger charge is -2.36. The molecule has 1 aliphatic heterocycles. The molecule has 5 heteroatoms. The molecule has 0 saturated carbocycles. The number of benzene rings is 1. The monoisotopic (exact) mass is 291 g/mol. The Morgan fingerprint density at radius 3 is 2.62 bits per heavy atom. The average molecular weight is 291 g/mol. The predicted octanol–water partition coefficient (Wildman–Crippen LogP) is 0.880. The molecule has 2 rings (SSSR count). The topological polar surface area (TPSA) is 44.8 Å². The van der Waals surface area contributed by atoms with Gasteiger partial charge in [-0.15, -0.1) is 0 Å². The maximum atomic E-state index is 12.1. The third kappa shape index (κ3) is 4.44. The summed E-state index contributed by atoms with van der Waals surface area (Å²) < 4.78 is 4.95. The summed E-state index contributed by atoms with van der Waals surface area (Å²) in [6, 6.07) is 8.41. The second-order valence-electron chi connectivity index (χ2n) is 5.32. The number of para-hydroxylation sites is 1. The van der Waals surface area contributed by atoms with Gasteiger partial charge in [-0.3, -0.25) is 4.79 Å². The zero-order valence-electron chi connectivity index (χ0n) is 13.0. The molecular formula is C16H25N3O2. The van der Waals surface area contributed by atoms with E-state index in [9.17, 15) is 4.79 Å². The SMILES string of the molecule is COCCNCC(=O)N1CCN(c2ccccc2C)CC1. The van der Waals surface area contributed by atoms with Gasteiger partial charge in [-0.05, 0) is 18.6 Å². The highest BCUT2D eigenvalue weighted by Crippen LogP contribution is 2.20. The molecule has 1 heterocycles. The van der Waals surface area contributed by atoms with E-state index < -0.39 is 0 Å². The number of methoxy groups -OCH3 is 1. The number of carbonyl (C=O) groups is 1. The highest BCUT2D eigenvalue weighted by Gasteiger charge is 2.21. The molecule has 1 fully saturated rings. The molecule has 1 saturated heterocycles. The van der Waals surface area contributed by atoms with Crippen LogP contribution in [0.1, 0.15) is 5.56 Å². The molecule has 1 aromatic carbocycles. The maximum Gasteiger partial charge on any atom is 0.236 e. The molecule has 1 aromatic rings. The number of ether oxygens (including phenoxy) is 1. The molecule has 0 radical (unpaired) electrons. The van der Waals surface area contributed by atoms with Crippen LogP contribution < -0.4 is 10.2 Å². The van der Waals surface area contributed by atoms with Crippen molar-refractivity contribution < 1.29 is 9.53 Å². The van der Waals surface area contributed by atoms with Gasteiger partial charge < -0.3 is 19.9 Å². The van der Waals surface area contributed by atoms with Crippen molar-refractivity contribution in [3.63, 3.8) is 0 Å². The summed E-state index contributed by atoms with van der Waals surface area (Å²) >= 11 is 0. The van der Waals surface area contributed by atoms with Crippen molar-refractivity contribution in [1.29, 1.82) is 0 Å². The predicted molar refractivity (Wildman–Crippen MR) is 84.7 cm³/mol. The van der Waals surface area contributed by atoms with Gasteiger partial charge in [-0.1, -0.05) is 18.2 Å². The summed E-state index contributed by atoms with van der Waals surface area (Å²) in [6.45, 7) is 7.25. The van der Waals surface area contributed by atoms with E-state index in [0.29, 0.717) is 19.7 Å². The first-order chi connectivity index (χ1) is 10.2. The normalized spacial score (nSPS) is 15.3. The van der Waals surface area contributed by atoms with Crippen molar-refractivity contribution in [2.75, 3.05) is 57.9 Å². The van der Waals surface area contributed by atoms with E-state index in [2.05, 4.69) is 41.4 Å². The first-order valence-corrected chi connectivity index (χ1v) is 7.50. The summed E-state index contributed by atoms with van der Waals surface area (Å²) in [5, 5.41) is 3.11. The molecule has 0 bridgehead atoms. The van der Waals surface area contributed by atoms with Crippen LogP contribution in [0.2, 0.25) is 0 Å². The van der Waals surface area contributed by atoms with Crippen molar-refractivity contribution in [1.82, 2.24) is 10.2 Å². The Morgan fingerprint density at radius 2 is 1.95 bits per heavy atom. The van der Waals surface area contributed by atoms with Gasteiger partial charge in [0.25, 0.3) is 0 Å². The Hall–Kier alpha value is -1.59. The molecule has 0 atom stereocenters. The third-order valence-corrected chi connectivity index (χ3v) is 3.85. The van der Waals surface area contributed by atoms with Crippen LogP contribution in [0.3, 0.4) is 0 Å². The van der Waals surface area contributed by atoms with Crippen LogP contribution in [0.15, 0.2) is 24.3 Å². The molecule has 1 aliphatic rings. The van der Waals surface area contributed by atoms with Crippen molar-refractivity contribution in [2.24, 2.45) is 0 Å². The molecule has 21 heavy (non-hydrogen) atoms. The molecule has 116 valence electrons. The summed E-state index contributed by atoms with van der Waals surface area (Å²) in [5.41, 5.74) is 2.57. The number of piperazine rings is 1. The Bertz CT molecular complexity index is 457. The Labute approximate surface area is 126 Å². The molecule has 0 aromatic heterocycles. The van der Waals surface area contributed by atoms with Crippen LogP contribution in [0.5, 0.6) is 0 Å². The second kappa shape index (κ2) is 8.00. The molecule has 5 nitrogen and oxygen atoms in total. The second-order valence-corrected chi connectivity index (χ2v) is 5.32. The summed E-state index contributed by atoms with van der Waals surface area (Å²) in [5.74, 6) is 0.176. The van der Waals surface area contributed by atoms with Gasteiger partial charge in [0.2, 0.25) is 5.91 Å². The highest BCUT2D eigenvalue weighted by molar-refractivity contribution is 5.78. The van der Waals surface area contributed by atoms with Gasteiger partial charge in [0.1, 0.15) is 0 Å². The van der Waals surface area contributed by atoms with E-state index >= 15 is 0 Å². The number of hydrogen-bond donors (Lipinski definition) is 1. The van der Waals surface area contributed by atoms with E-state index in [4.69, 9.17) is 4.74 Å². The summed E-state index contributed by atoms with van der Waals surface area (Å²) in [6.07, 6.45) is 0. The minimum Gasteiger partial charge on any atom is -0.383 e. The number of amides is 1.